The largest absolute Gasteiger partial charge is 1.00 e. The molecule has 0 fully saturated rings. The van der Waals surface area contributed by atoms with Gasteiger partial charge in [0.1, 0.15) is 6.54 Å². The van der Waals surface area contributed by atoms with Gasteiger partial charge in [-0.3, -0.25) is 0 Å². The molecule has 0 atom stereocenters. The maximum atomic E-state index is 4.77. The van der Waals surface area contributed by atoms with Crippen molar-refractivity contribution in [1.82, 2.24) is 0 Å². The molecule has 46 valence electrons. The molecule has 0 aliphatic rings. The number of nitrogens with zero attached hydrogens (tertiary/aromatic N) is 1. The third kappa shape index (κ3) is 1.66. The smallest absolute Gasteiger partial charge is 0.334 e. The van der Waals surface area contributed by atoms with Gasteiger partial charge < -0.3 is 21.4 Å². The van der Waals surface area contributed by atoms with Gasteiger partial charge in [0.25, 0.3) is 0 Å². The molecule has 1 rings (SSSR count). The van der Waals surface area contributed by atoms with E-state index in [1.807, 2.05) is 10.8 Å². The monoisotopic (exact) mass is 177 g/mol. The van der Waals surface area contributed by atoms with Gasteiger partial charge >= 0.3 is 6.39 Å². The Morgan fingerprint density at radius 2 is 2.38 bits per heavy atom. The standard InChI is InChI=1S/C5H8NO.BrH/c1-2-6-3-4-7-5-6;/h3-5H,2H2,1H3;1H/q+1;/p-1. The Balaban J connectivity index is 0.000000490. The normalized spacial score (nSPS) is 8.12. The molecule has 1 aromatic heterocycles. The first-order valence-corrected chi connectivity index (χ1v) is 2.34. The first kappa shape index (κ1) is 7.69. The highest BCUT2D eigenvalue weighted by Gasteiger charge is 1.90. The number of halogens is 1. The molecule has 0 amide bonds. The fourth-order valence-electron chi connectivity index (χ4n) is 0.442. The zero-order valence-electron chi connectivity index (χ0n) is 4.67. The van der Waals surface area contributed by atoms with E-state index in [0.29, 0.717) is 0 Å². The van der Waals surface area contributed by atoms with Crippen LogP contribution in [0.1, 0.15) is 6.92 Å². The van der Waals surface area contributed by atoms with Crippen molar-refractivity contribution in [3.05, 3.63) is 18.9 Å². The fraction of sp³-hybridized carbons (Fsp3) is 0.400. The second kappa shape index (κ2) is 3.66. The predicted molar refractivity (Wildman–Crippen MR) is 24.6 cm³/mol. The summed E-state index contributed by atoms with van der Waals surface area (Å²) in [6.07, 6.45) is 5.23. The van der Waals surface area contributed by atoms with Crippen molar-refractivity contribution in [3.8, 4) is 0 Å². The van der Waals surface area contributed by atoms with Crippen LogP contribution in [-0.2, 0) is 6.54 Å². The van der Waals surface area contributed by atoms with Gasteiger partial charge in [-0.15, -0.1) is 0 Å². The average molecular weight is 178 g/mol. The SMILES string of the molecule is CC[n+]1ccoc1.[Br-]. The molecular formula is C5H8BrNO. The summed E-state index contributed by atoms with van der Waals surface area (Å²) in [5, 5.41) is 0. The first-order chi connectivity index (χ1) is 3.43. The number of aryl methyl sites for hydroxylation is 1. The van der Waals surface area contributed by atoms with Gasteiger partial charge in [-0.2, -0.15) is 4.57 Å². The van der Waals surface area contributed by atoms with Gasteiger partial charge in [-0.25, -0.2) is 0 Å². The second-order valence-electron chi connectivity index (χ2n) is 1.36. The van der Waals surface area contributed by atoms with Gasteiger partial charge in [0, 0.05) is 0 Å². The minimum atomic E-state index is 0. The highest BCUT2D eigenvalue weighted by Crippen LogP contribution is 1.73. The third-order valence-corrected chi connectivity index (χ3v) is 0.892. The van der Waals surface area contributed by atoms with Crippen molar-refractivity contribution in [1.29, 1.82) is 0 Å². The number of hydrogen-bond donors (Lipinski definition) is 0. The van der Waals surface area contributed by atoms with E-state index in [4.69, 9.17) is 4.42 Å². The molecule has 0 spiro atoms. The van der Waals surface area contributed by atoms with Crippen molar-refractivity contribution in [3.63, 3.8) is 0 Å². The summed E-state index contributed by atoms with van der Waals surface area (Å²) < 4.78 is 6.73. The molecular weight excluding hydrogens is 170 g/mol. The molecule has 0 aliphatic heterocycles. The Bertz CT molecular complexity index is 127. The van der Waals surface area contributed by atoms with E-state index in [1.54, 1.807) is 12.7 Å². The lowest BCUT2D eigenvalue weighted by atomic mass is 10.7. The molecule has 0 N–H and O–H groups in total. The van der Waals surface area contributed by atoms with Crippen LogP contribution in [0.2, 0.25) is 0 Å². The maximum absolute atomic E-state index is 4.77. The number of rotatable bonds is 1. The number of oxazole rings is 1. The quantitative estimate of drug-likeness (QED) is 0.438. The van der Waals surface area contributed by atoms with Gasteiger partial charge in [-0.05, 0) is 6.92 Å². The molecule has 2 nitrogen and oxygen atoms in total. The lowest BCUT2D eigenvalue weighted by Crippen LogP contribution is -3.00. The van der Waals surface area contributed by atoms with E-state index in [2.05, 4.69) is 6.92 Å². The molecule has 1 heterocycles. The van der Waals surface area contributed by atoms with Gasteiger partial charge in [-0.1, -0.05) is 0 Å². The van der Waals surface area contributed by atoms with Crippen LogP contribution in [0.25, 0.3) is 0 Å². The lowest BCUT2D eigenvalue weighted by molar-refractivity contribution is -0.696. The van der Waals surface area contributed by atoms with Crippen LogP contribution in [0.4, 0.5) is 0 Å². The van der Waals surface area contributed by atoms with Crippen molar-refractivity contribution >= 4 is 0 Å². The van der Waals surface area contributed by atoms with Crippen LogP contribution in [0, 0.1) is 0 Å². The second-order valence-corrected chi connectivity index (χ2v) is 1.36. The summed E-state index contributed by atoms with van der Waals surface area (Å²) in [5.74, 6) is 0. The molecule has 3 heteroatoms. The van der Waals surface area contributed by atoms with Gasteiger partial charge in [0.2, 0.25) is 6.20 Å². The molecule has 0 aromatic carbocycles. The molecule has 0 saturated heterocycles. The van der Waals surface area contributed by atoms with E-state index in [-0.39, 0.29) is 17.0 Å². The summed E-state index contributed by atoms with van der Waals surface area (Å²) in [6, 6.07) is 0. The summed E-state index contributed by atoms with van der Waals surface area (Å²) >= 11 is 0. The minimum Gasteiger partial charge on any atom is -1.00 e. The fourth-order valence-corrected chi connectivity index (χ4v) is 0.442. The van der Waals surface area contributed by atoms with E-state index in [0.717, 1.165) is 6.54 Å². The van der Waals surface area contributed by atoms with Crippen molar-refractivity contribution < 1.29 is 26.0 Å². The van der Waals surface area contributed by atoms with E-state index >= 15 is 0 Å². The Labute approximate surface area is 58.9 Å². The Morgan fingerprint density at radius 3 is 2.62 bits per heavy atom. The van der Waals surface area contributed by atoms with Crippen LogP contribution in [0.3, 0.4) is 0 Å². The van der Waals surface area contributed by atoms with E-state index in [1.165, 1.54) is 0 Å². The summed E-state index contributed by atoms with van der Waals surface area (Å²) in [5.41, 5.74) is 0. The highest BCUT2D eigenvalue weighted by molar-refractivity contribution is 4.45. The molecule has 8 heavy (non-hydrogen) atoms. The molecule has 0 bridgehead atoms. The van der Waals surface area contributed by atoms with Crippen LogP contribution in [-0.4, -0.2) is 0 Å². The molecule has 0 aliphatic carbocycles. The zero-order chi connectivity index (χ0) is 5.11. The van der Waals surface area contributed by atoms with Crippen LogP contribution >= 0.6 is 0 Å². The van der Waals surface area contributed by atoms with Crippen molar-refractivity contribution in [2.24, 2.45) is 0 Å². The Hall–Kier alpha value is -0.310. The minimum absolute atomic E-state index is 0. The van der Waals surface area contributed by atoms with E-state index in [9.17, 15) is 0 Å². The average Bonchev–Trinajstić information content (AvgIpc) is 2.14. The molecule has 0 radical (unpaired) electrons. The molecule has 0 unspecified atom stereocenters. The summed E-state index contributed by atoms with van der Waals surface area (Å²) in [4.78, 5) is 0. The summed E-state index contributed by atoms with van der Waals surface area (Å²) in [7, 11) is 0. The highest BCUT2D eigenvalue weighted by atomic mass is 79.9. The topological polar surface area (TPSA) is 17.0 Å². The summed E-state index contributed by atoms with van der Waals surface area (Å²) in [6.45, 7) is 3.05. The Morgan fingerprint density at radius 1 is 1.62 bits per heavy atom. The van der Waals surface area contributed by atoms with Gasteiger partial charge in [0.15, 0.2) is 6.26 Å². The lowest BCUT2D eigenvalue weighted by Gasteiger charge is -1.72. The zero-order valence-corrected chi connectivity index (χ0v) is 6.26. The van der Waals surface area contributed by atoms with Crippen LogP contribution in [0.5, 0.6) is 0 Å². The number of hydrogen-bond acceptors (Lipinski definition) is 1. The predicted octanol–water partition coefficient (Wildman–Crippen LogP) is -2.41. The third-order valence-electron chi connectivity index (χ3n) is 0.892. The van der Waals surface area contributed by atoms with E-state index < -0.39 is 0 Å². The van der Waals surface area contributed by atoms with Crippen LogP contribution in [0.15, 0.2) is 23.3 Å². The van der Waals surface area contributed by atoms with Gasteiger partial charge in [0.05, 0.1) is 0 Å². The first-order valence-electron chi connectivity index (χ1n) is 2.34. The van der Waals surface area contributed by atoms with Crippen molar-refractivity contribution in [2.45, 2.75) is 13.5 Å². The van der Waals surface area contributed by atoms with Crippen molar-refractivity contribution in [2.75, 3.05) is 0 Å². The van der Waals surface area contributed by atoms with Crippen LogP contribution < -0.4 is 21.5 Å². The molecule has 1 aromatic rings. The number of aromatic nitrogens is 1. The Kier molecular flexibility index (Phi) is 3.52. The maximum Gasteiger partial charge on any atom is 0.334 e. The molecule has 0 saturated carbocycles.